The van der Waals surface area contributed by atoms with Crippen LogP contribution in [0.3, 0.4) is 0 Å². The van der Waals surface area contributed by atoms with Crippen molar-refractivity contribution in [3.8, 4) is 5.75 Å². The van der Waals surface area contributed by atoms with Gasteiger partial charge >= 0.3 is 0 Å². The maximum Gasteiger partial charge on any atom is 0.141 e. The molecule has 94 valence electrons. The highest BCUT2D eigenvalue weighted by Crippen LogP contribution is 2.20. The lowest BCUT2D eigenvalue weighted by molar-refractivity contribution is 0.300. The number of nitrogens with two attached hydrogens (primary N) is 1. The van der Waals surface area contributed by atoms with Crippen molar-refractivity contribution in [2.24, 2.45) is 0 Å². The second kappa shape index (κ2) is 5.49. The molecular weight excluding hydrogens is 226 g/mol. The molecule has 0 spiro atoms. The maximum atomic E-state index is 5.68. The summed E-state index contributed by atoms with van der Waals surface area (Å²) in [5.74, 6) is 1.75. The van der Waals surface area contributed by atoms with Crippen molar-refractivity contribution in [3.63, 3.8) is 0 Å². The summed E-state index contributed by atoms with van der Waals surface area (Å²) in [7, 11) is 0. The normalized spacial score (nSPS) is 10.6. The lowest BCUT2D eigenvalue weighted by Gasteiger charge is -2.09. The highest BCUT2D eigenvalue weighted by molar-refractivity contribution is 5.30. The van der Waals surface area contributed by atoms with Crippen LogP contribution in [0, 0.1) is 0 Å². The Labute approximate surface area is 107 Å². The quantitative estimate of drug-likeness (QED) is 0.897. The monoisotopic (exact) mass is 243 g/mol. The Morgan fingerprint density at radius 1 is 1.22 bits per heavy atom. The summed E-state index contributed by atoms with van der Waals surface area (Å²) >= 11 is 0. The fraction of sp³-hybridized carbons (Fsp3) is 0.286. The van der Waals surface area contributed by atoms with Crippen LogP contribution in [0.25, 0.3) is 0 Å². The zero-order valence-electron chi connectivity index (χ0n) is 10.6. The molecule has 0 saturated carbocycles. The molecule has 1 heterocycles. The van der Waals surface area contributed by atoms with Crippen LogP contribution in [0.4, 0.5) is 5.82 Å². The minimum Gasteiger partial charge on any atom is -0.487 e. The first kappa shape index (κ1) is 12.4. The fourth-order valence-corrected chi connectivity index (χ4v) is 1.56. The third-order valence-corrected chi connectivity index (χ3v) is 2.64. The number of anilines is 1. The van der Waals surface area contributed by atoms with E-state index in [-0.39, 0.29) is 0 Å². The zero-order valence-corrected chi connectivity index (χ0v) is 10.6. The summed E-state index contributed by atoms with van der Waals surface area (Å²) in [5, 5.41) is 0. The number of nitrogen functional groups attached to an aromatic ring is 1. The van der Waals surface area contributed by atoms with E-state index in [4.69, 9.17) is 10.5 Å². The van der Waals surface area contributed by atoms with E-state index in [1.165, 1.54) is 11.8 Å². The Bertz CT molecular complexity index is 509. The number of benzene rings is 1. The number of rotatable bonds is 4. The molecule has 0 aliphatic rings. The molecule has 1 aromatic carbocycles. The lowest BCUT2D eigenvalue weighted by atomic mass is 10.0. The summed E-state index contributed by atoms with van der Waals surface area (Å²) in [6.07, 6.45) is 3.16. The van der Waals surface area contributed by atoms with Crippen molar-refractivity contribution in [1.82, 2.24) is 9.97 Å². The van der Waals surface area contributed by atoms with Crippen LogP contribution in [0.1, 0.15) is 31.0 Å². The summed E-state index contributed by atoms with van der Waals surface area (Å²) in [6, 6.07) is 8.09. The van der Waals surface area contributed by atoms with Gasteiger partial charge in [-0.25, -0.2) is 4.98 Å². The predicted octanol–water partition coefficient (Wildman–Crippen LogP) is 2.76. The third kappa shape index (κ3) is 3.20. The van der Waals surface area contributed by atoms with Crippen molar-refractivity contribution in [1.29, 1.82) is 0 Å². The number of nitrogens with zero attached hydrogens (tertiary/aromatic N) is 2. The van der Waals surface area contributed by atoms with E-state index in [2.05, 4.69) is 35.9 Å². The van der Waals surface area contributed by atoms with E-state index in [1.807, 2.05) is 12.1 Å². The van der Waals surface area contributed by atoms with Crippen molar-refractivity contribution in [2.75, 3.05) is 5.73 Å². The SMILES string of the molecule is CC(C)c1cccc(OCc2cnc(N)cn2)c1. The molecule has 0 bridgehead atoms. The van der Waals surface area contributed by atoms with E-state index in [0.717, 1.165) is 11.4 Å². The molecule has 4 nitrogen and oxygen atoms in total. The Kier molecular flexibility index (Phi) is 3.77. The Balaban J connectivity index is 2.01. The van der Waals surface area contributed by atoms with Gasteiger partial charge in [-0.3, -0.25) is 4.98 Å². The molecule has 2 N–H and O–H groups in total. The molecule has 2 aromatic rings. The summed E-state index contributed by atoms with van der Waals surface area (Å²) in [5.41, 5.74) is 7.50. The highest BCUT2D eigenvalue weighted by Gasteiger charge is 2.02. The topological polar surface area (TPSA) is 61.0 Å². The van der Waals surface area contributed by atoms with Gasteiger partial charge in [0.1, 0.15) is 18.2 Å². The second-order valence-electron chi connectivity index (χ2n) is 4.45. The standard InChI is InChI=1S/C14H17N3O/c1-10(2)11-4-3-5-13(6-11)18-9-12-7-17-14(15)8-16-12/h3-8,10H,9H2,1-2H3,(H2,15,17). The largest absolute Gasteiger partial charge is 0.487 e. The van der Waals surface area contributed by atoms with Gasteiger partial charge in [0.2, 0.25) is 0 Å². The fourth-order valence-electron chi connectivity index (χ4n) is 1.56. The van der Waals surface area contributed by atoms with Crippen LogP contribution < -0.4 is 10.5 Å². The van der Waals surface area contributed by atoms with Crippen molar-refractivity contribution >= 4 is 5.82 Å². The lowest BCUT2D eigenvalue weighted by Crippen LogP contribution is -2.01. The van der Waals surface area contributed by atoms with Crippen LogP contribution in [0.15, 0.2) is 36.7 Å². The molecule has 4 heteroatoms. The van der Waals surface area contributed by atoms with Gasteiger partial charge in [-0.2, -0.15) is 0 Å². The molecule has 0 fully saturated rings. The smallest absolute Gasteiger partial charge is 0.141 e. The van der Waals surface area contributed by atoms with Gasteiger partial charge in [0.15, 0.2) is 0 Å². The Morgan fingerprint density at radius 3 is 2.72 bits per heavy atom. The highest BCUT2D eigenvalue weighted by atomic mass is 16.5. The van der Waals surface area contributed by atoms with E-state index in [1.54, 1.807) is 6.20 Å². The van der Waals surface area contributed by atoms with Gasteiger partial charge in [0.05, 0.1) is 18.1 Å². The molecule has 0 atom stereocenters. The zero-order chi connectivity index (χ0) is 13.0. The molecule has 1 aromatic heterocycles. The van der Waals surface area contributed by atoms with Crippen LogP contribution in [0.5, 0.6) is 5.75 Å². The Morgan fingerprint density at radius 2 is 2.06 bits per heavy atom. The van der Waals surface area contributed by atoms with Gasteiger partial charge in [0.25, 0.3) is 0 Å². The van der Waals surface area contributed by atoms with E-state index >= 15 is 0 Å². The molecule has 0 radical (unpaired) electrons. The predicted molar refractivity (Wildman–Crippen MR) is 71.3 cm³/mol. The number of ether oxygens (including phenoxy) is 1. The van der Waals surface area contributed by atoms with Crippen molar-refractivity contribution < 1.29 is 4.74 Å². The average molecular weight is 243 g/mol. The number of aromatic nitrogens is 2. The molecule has 18 heavy (non-hydrogen) atoms. The van der Waals surface area contributed by atoms with E-state index in [0.29, 0.717) is 18.3 Å². The van der Waals surface area contributed by atoms with Crippen molar-refractivity contribution in [3.05, 3.63) is 47.9 Å². The summed E-state index contributed by atoms with van der Waals surface area (Å²) < 4.78 is 5.68. The molecule has 2 rings (SSSR count). The second-order valence-corrected chi connectivity index (χ2v) is 4.45. The average Bonchev–Trinajstić information content (AvgIpc) is 2.38. The maximum absolute atomic E-state index is 5.68. The van der Waals surface area contributed by atoms with Gasteiger partial charge in [0, 0.05) is 0 Å². The summed E-state index contributed by atoms with van der Waals surface area (Å²) in [4.78, 5) is 8.11. The molecule has 0 aliphatic carbocycles. The van der Waals surface area contributed by atoms with Gasteiger partial charge in [-0.05, 0) is 23.6 Å². The molecule has 0 aliphatic heterocycles. The number of hydrogen-bond acceptors (Lipinski definition) is 4. The van der Waals surface area contributed by atoms with Gasteiger partial charge < -0.3 is 10.5 Å². The Hall–Kier alpha value is -2.10. The first-order chi connectivity index (χ1) is 8.65. The van der Waals surface area contributed by atoms with Crippen LogP contribution in [0.2, 0.25) is 0 Å². The minimum atomic E-state index is 0.398. The van der Waals surface area contributed by atoms with Gasteiger partial charge in [-0.15, -0.1) is 0 Å². The minimum absolute atomic E-state index is 0.398. The van der Waals surface area contributed by atoms with Crippen molar-refractivity contribution in [2.45, 2.75) is 26.4 Å². The van der Waals surface area contributed by atoms with Gasteiger partial charge in [-0.1, -0.05) is 26.0 Å². The summed E-state index contributed by atoms with van der Waals surface area (Å²) in [6.45, 7) is 4.71. The molecule has 0 unspecified atom stereocenters. The molecule has 0 amide bonds. The third-order valence-electron chi connectivity index (χ3n) is 2.64. The first-order valence-corrected chi connectivity index (χ1v) is 5.94. The first-order valence-electron chi connectivity index (χ1n) is 5.94. The molecule has 0 saturated heterocycles. The van der Waals surface area contributed by atoms with E-state index < -0.39 is 0 Å². The van der Waals surface area contributed by atoms with Crippen LogP contribution in [-0.4, -0.2) is 9.97 Å². The molecular formula is C14H17N3O. The van der Waals surface area contributed by atoms with E-state index in [9.17, 15) is 0 Å². The van der Waals surface area contributed by atoms with Crippen LogP contribution in [-0.2, 0) is 6.61 Å². The number of hydrogen-bond donors (Lipinski definition) is 1. The van der Waals surface area contributed by atoms with Crippen LogP contribution >= 0.6 is 0 Å².